The van der Waals surface area contributed by atoms with E-state index in [2.05, 4.69) is 9.89 Å². The van der Waals surface area contributed by atoms with Crippen molar-refractivity contribution in [3.05, 3.63) is 60.1 Å². The highest BCUT2D eigenvalue weighted by atomic mass is 32.2. The number of thioether (sulfide) groups is 1. The Morgan fingerprint density at radius 2 is 1.67 bits per heavy atom. The van der Waals surface area contributed by atoms with Gasteiger partial charge >= 0.3 is 11.9 Å². The first kappa shape index (κ1) is 24.8. The number of carbonyl (C=O) groups is 2. The lowest BCUT2D eigenvalue weighted by molar-refractivity contribution is -0.134. The van der Waals surface area contributed by atoms with Crippen LogP contribution in [-0.4, -0.2) is 53.4 Å². The van der Waals surface area contributed by atoms with Crippen LogP contribution in [0.3, 0.4) is 0 Å². The van der Waals surface area contributed by atoms with Gasteiger partial charge in [-0.2, -0.15) is 0 Å². The summed E-state index contributed by atoms with van der Waals surface area (Å²) in [7, 11) is 5.66. The van der Waals surface area contributed by atoms with Crippen LogP contribution in [0.5, 0.6) is 5.75 Å². The maximum Gasteiger partial charge on any atom is 0.328 e. The molecule has 0 saturated carbocycles. The van der Waals surface area contributed by atoms with Gasteiger partial charge in [-0.3, -0.25) is 0 Å². The summed E-state index contributed by atoms with van der Waals surface area (Å²) >= 11 is 1.46. The van der Waals surface area contributed by atoms with Gasteiger partial charge in [0.15, 0.2) is 5.17 Å². The van der Waals surface area contributed by atoms with Crippen LogP contribution in [0.4, 0.5) is 5.69 Å². The molecule has 1 aromatic heterocycles. The van der Waals surface area contributed by atoms with Gasteiger partial charge in [0.2, 0.25) is 0 Å². The van der Waals surface area contributed by atoms with Gasteiger partial charge in [-0.15, -0.1) is 0 Å². The second-order valence-corrected chi connectivity index (χ2v) is 7.05. The number of aliphatic imine (C=N–C) groups is 1. The van der Waals surface area contributed by atoms with Crippen LogP contribution in [0.1, 0.15) is 11.5 Å². The predicted molar refractivity (Wildman–Crippen MR) is 116 cm³/mol. The van der Waals surface area contributed by atoms with Gasteiger partial charge in [0.05, 0.1) is 25.1 Å². The molecule has 0 atom stereocenters. The van der Waals surface area contributed by atoms with Crippen molar-refractivity contribution in [3.8, 4) is 5.75 Å². The molecule has 1 heterocycles. The largest absolute Gasteiger partial charge is 0.497 e. The van der Waals surface area contributed by atoms with Crippen LogP contribution < -0.4 is 10.5 Å². The number of ether oxygens (including phenoxy) is 1. The fraction of sp³-hybridized carbons (Fsp3) is 0.250. The molecule has 2 aromatic rings. The minimum atomic E-state index is -1.26. The molecule has 0 aliphatic heterocycles. The Balaban J connectivity index is 0.000000479. The lowest BCUT2D eigenvalue weighted by atomic mass is 10.3. The maximum atomic E-state index is 9.55. The molecule has 4 N–H and O–H groups in total. The number of nitrogens with zero attached hydrogens (tertiary/aromatic N) is 2. The van der Waals surface area contributed by atoms with E-state index < -0.39 is 11.9 Å². The first-order valence-electron chi connectivity index (χ1n) is 8.67. The smallest absolute Gasteiger partial charge is 0.328 e. The minimum absolute atomic E-state index is 0.510. The molecular formula is C20H25N3O6S. The summed E-state index contributed by atoms with van der Waals surface area (Å²) in [6, 6.07) is 11.4. The van der Waals surface area contributed by atoms with Crippen molar-refractivity contribution in [2.75, 3.05) is 21.2 Å². The summed E-state index contributed by atoms with van der Waals surface area (Å²) < 4.78 is 10.8. The van der Waals surface area contributed by atoms with E-state index >= 15 is 0 Å². The van der Waals surface area contributed by atoms with Crippen LogP contribution in [0.15, 0.2) is 58.0 Å². The highest BCUT2D eigenvalue weighted by Crippen LogP contribution is 2.21. The Morgan fingerprint density at radius 3 is 2.17 bits per heavy atom. The van der Waals surface area contributed by atoms with Gasteiger partial charge in [0.25, 0.3) is 0 Å². The molecule has 2 rings (SSSR count). The van der Waals surface area contributed by atoms with Gasteiger partial charge in [-0.1, -0.05) is 11.8 Å². The van der Waals surface area contributed by atoms with E-state index in [0.717, 1.165) is 29.5 Å². The lowest BCUT2D eigenvalue weighted by Crippen LogP contribution is -2.09. The minimum Gasteiger partial charge on any atom is -0.497 e. The third-order valence-corrected chi connectivity index (χ3v) is 4.05. The molecule has 0 amide bonds. The van der Waals surface area contributed by atoms with Crippen molar-refractivity contribution in [1.82, 2.24) is 4.90 Å². The number of furan rings is 1. The first-order chi connectivity index (χ1) is 14.2. The molecule has 1 aromatic carbocycles. The van der Waals surface area contributed by atoms with Crippen molar-refractivity contribution in [1.29, 1.82) is 0 Å². The molecule has 0 aliphatic rings. The van der Waals surface area contributed by atoms with Crippen molar-refractivity contribution < 1.29 is 29.0 Å². The third kappa shape index (κ3) is 10.9. The Hall–Kier alpha value is -3.24. The van der Waals surface area contributed by atoms with E-state index in [1.165, 1.54) is 11.8 Å². The van der Waals surface area contributed by atoms with Gasteiger partial charge in [-0.25, -0.2) is 14.6 Å². The number of rotatable bonds is 8. The number of hydrogen-bond donors (Lipinski definition) is 3. The molecule has 0 saturated heterocycles. The van der Waals surface area contributed by atoms with Crippen molar-refractivity contribution in [2.24, 2.45) is 10.7 Å². The Labute approximate surface area is 178 Å². The van der Waals surface area contributed by atoms with Gasteiger partial charge in [-0.05, 0) is 50.5 Å². The summed E-state index contributed by atoms with van der Waals surface area (Å²) in [4.78, 5) is 25.5. The van der Waals surface area contributed by atoms with Crippen LogP contribution in [0, 0.1) is 0 Å². The molecule has 0 unspecified atom stereocenters. The number of aliphatic carboxylic acids is 2. The first-order valence-corrected chi connectivity index (χ1v) is 9.65. The third-order valence-electron chi connectivity index (χ3n) is 3.23. The molecule has 0 bridgehead atoms. The predicted octanol–water partition coefficient (Wildman–Crippen LogP) is 2.94. The topological polar surface area (TPSA) is 139 Å². The quantitative estimate of drug-likeness (QED) is 0.324. The monoisotopic (exact) mass is 435 g/mol. The normalized spacial score (nSPS) is 11.3. The standard InChI is InChI=1S/C16H21N3O2S.C4H4O4/c1-19(2)10-14-8-9-15(21-14)11-22-16(17)18-12-4-6-13(20-3)7-5-12;5-3(6)1-2-4(7)8/h4-9H,10-11H2,1-3H3,(H2,17,18);1-2H,(H,5,6)(H,7,8)/b;2-1+. The number of carboxylic acids is 2. The van der Waals surface area contributed by atoms with E-state index in [9.17, 15) is 9.59 Å². The van der Waals surface area contributed by atoms with Crippen molar-refractivity contribution in [3.63, 3.8) is 0 Å². The molecule has 10 heteroatoms. The average Bonchev–Trinajstić information content (AvgIpc) is 3.12. The SMILES string of the molecule is COc1ccc(N=C(N)SCc2ccc(CN(C)C)o2)cc1.O=C(O)/C=C/C(=O)O. The second-order valence-electron chi connectivity index (χ2n) is 6.05. The highest BCUT2D eigenvalue weighted by Gasteiger charge is 2.05. The molecular weight excluding hydrogens is 410 g/mol. The highest BCUT2D eigenvalue weighted by molar-refractivity contribution is 8.13. The number of benzene rings is 1. The zero-order valence-corrected chi connectivity index (χ0v) is 17.8. The van der Waals surface area contributed by atoms with Crippen LogP contribution in [-0.2, 0) is 21.9 Å². The fourth-order valence-electron chi connectivity index (χ4n) is 2.00. The zero-order valence-electron chi connectivity index (χ0n) is 16.9. The molecule has 162 valence electrons. The van der Waals surface area contributed by atoms with E-state index in [1.54, 1.807) is 7.11 Å². The molecule has 0 aliphatic carbocycles. The van der Waals surface area contributed by atoms with Crippen LogP contribution in [0.25, 0.3) is 0 Å². The number of hydrogen-bond acceptors (Lipinski definition) is 7. The molecule has 0 radical (unpaired) electrons. The van der Waals surface area contributed by atoms with E-state index in [0.29, 0.717) is 23.1 Å². The van der Waals surface area contributed by atoms with Crippen molar-refractivity contribution in [2.45, 2.75) is 12.3 Å². The second kappa shape index (κ2) is 13.1. The van der Waals surface area contributed by atoms with Crippen molar-refractivity contribution >= 4 is 34.6 Å². The average molecular weight is 436 g/mol. The van der Waals surface area contributed by atoms with Gasteiger partial charge < -0.3 is 30.0 Å². The lowest BCUT2D eigenvalue weighted by Gasteiger charge is -2.05. The Morgan fingerprint density at radius 1 is 1.10 bits per heavy atom. The number of carboxylic acid groups (broad SMARTS) is 2. The van der Waals surface area contributed by atoms with Gasteiger partial charge in [0.1, 0.15) is 17.3 Å². The number of amidine groups is 1. The molecule has 9 nitrogen and oxygen atoms in total. The molecule has 30 heavy (non-hydrogen) atoms. The van der Waals surface area contributed by atoms with E-state index in [-0.39, 0.29) is 0 Å². The zero-order chi connectivity index (χ0) is 22.5. The molecule has 0 fully saturated rings. The Kier molecular flexibility index (Phi) is 10.8. The van der Waals surface area contributed by atoms with E-state index in [1.807, 2.05) is 50.5 Å². The van der Waals surface area contributed by atoms with E-state index in [4.69, 9.17) is 25.1 Å². The summed E-state index contributed by atoms with van der Waals surface area (Å²) in [5.74, 6) is 0.800. The summed E-state index contributed by atoms with van der Waals surface area (Å²) in [5.41, 5.74) is 6.75. The fourth-order valence-corrected chi connectivity index (χ4v) is 2.62. The Bertz CT molecular complexity index is 859. The molecule has 0 spiro atoms. The van der Waals surface area contributed by atoms with Crippen LogP contribution >= 0.6 is 11.8 Å². The van der Waals surface area contributed by atoms with Gasteiger partial charge in [0, 0.05) is 12.2 Å². The number of nitrogens with two attached hydrogens (primary N) is 1. The van der Waals surface area contributed by atoms with Crippen LogP contribution in [0.2, 0.25) is 0 Å². The summed E-state index contributed by atoms with van der Waals surface area (Å²) in [5, 5.41) is 16.1. The number of methoxy groups -OCH3 is 1. The maximum absolute atomic E-state index is 9.55. The summed E-state index contributed by atoms with van der Waals surface area (Å²) in [6.45, 7) is 0.792. The summed E-state index contributed by atoms with van der Waals surface area (Å²) in [6.07, 6.45) is 1.12.